The van der Waals surface area contributed by atoms with E-state index in [4.69, 9.17) is 4.74 Å². The van der Waals surface area contributed by atoms with E-state index in [0.717, 1.165) is 56.5 Å². The number of benzene rings is 2. The highest BCUT2D eigenvalue weighted by molar-refractivity contribution is 5.64. The van der Waals surface area contributed by atoms with Gasteiger partial charge in [-0.25, -0.2) is 13.5 Å². The first kappa shape index (κ1) is 19.9. The summed E-state index contributed by atoms with van der Waals surface area (Å²) in [6.07, 6.45) is 4.91. The molecule has 1 aromatic heterocycles. The maximum Gasteiger partial charge on any atom is 0.246 e. The lowest BCUT2D eigenvalue weighted by molar-refractivity contribution is 0.134. The van der Waals surface area contributed by atoms with Crippen molar-refractivity contribution in [1.29, 1.82) is 0 Å². The maximum atomic E-state index is 13.5. The quantitative estimate of drug-likeness (QED) is 0.645. The largest absolute Gasteiger partial charge is 0.381 e. The van der Waals surface area contributed by atoms with Gasteiger partial charge in [-0.1, -0.05) is 0 Å². The Morgan fingerprint density at radius 3 is 2.48 bits per heavy atom. The molecule has 31 heavy (non-hydrogen) atoms. The fourth-order valence-electron chi connectivity index (χ4n) is 4.55. The Hall–Kier alpha value is -3.00. The monoisotopic (exact) mass is 427 g/mol. The number of halogens is 2. The predicted octanol–water partition coefficient (Wildman–Crippen LogP) is 4.85. The van der Waals surface area contributed by atoms with Crippen molar-refractivity contribution in [3.8, 4) is 5.69 Å². The van der Waals surface area contributed by atoms with E-state index in [0.29, 0.717) is 11.4 Å². The smallest absolute Gasteiger partial charge is 0.246 e. The Morgan fingerprint density at radius 2 is 1.77 bits per heavy atom. The number of hydrogen-bond donors (Lipinski definition) is 1. The van der Waals surface area contributed by atoms with Crippen LogP contribution in [0.4, 0.5) is 26.1 Å². The van der Waals surface area contributed by atoms with Crippen LogP contribution in [0.1, 0.15) is 26.3 Å². The Bertz CT molecular complexity index is 1070. The molecule has 1 spiro atoms. The fourth-order valence-corrected chi connectivity index (χ4v) is 4.55. The van der Waals surface area contributed by atoms with Crippen molar-refractivity contribution in [2.75, 3.05) is 36.5 Å². The van der Waals surface area contributed by atoms with E-state index in [9.17, 15) is 8.78 Å². The number of hydrogen-bond acceptors (Lipinski definition) is 5. The third-order valence-corrected chi connectivity index (χ3v) is 6.30. The summed E-state index contributed by atoms with van der Waals surface area (Å²) in [6, 6.07) is 9.57. The lowest BCUT2D eigenvalue weighted by Gasteiger charge is -2.39. The van der Waals surface area contributed by atoms with E-state index in [-0.39, 0.29) is 7.11 Å². The molecule has 3 aromatic rings. The topological polar surface area (TPSA) is 55.2 Å². The Kier molecular flexibility index (Phi) is 5.09. The zero-order valence-corrected chi connectivity index (χ0v) is 17.4. The lowest BCUT2D eigenvalue weighted by Crippen LogP contribution is -2.40. The first-order chi connectivity index (χ1) is 15.0. The summed E-state index contributed by atoms with van der Waals surface area (Å²) in [5.41, 5.74) is 3.83. The summed E-state index contributed by atoms with van der Waals surface area (Å²) >= 11 is 0. The highest BCUT2D eigenvalue weighted by atomic mass is 19.1. The Morgan fingerprint density at radius 1 is 1.00 bits per heavy atom. The number of nitrogens with one attached hydrogen (secondary N) is 1. The minimum atomic E-state index is -0.657. The second-order valence-electron chi connectivity index (χ2n) is 8.61. The fraction of sp³-hybridized carbons (Fsp3) is 0.391. The molecule has 8 heteroatoms. The SMILES string of the molecule is Cc1cc(Nc2ncn(-c3cc(F)cc(F)c3)n2)cc(N2CCC3(CCOC3)CC2)c1.[HH]. The van der Waals surface area contributed by atoms with E-state index in [1.165, 1.54) is 35.3 Å². The van der Waals surface area contributed by atoms with Gasteiger partial charge in [0.15, 0.2) is 0 Å². The van der Waals surface area contributed by atoms with Crippen LogP contribution in [0, 0.1) is 24.0 Å². The van der Waals surface area contributed by atoms with Crippen LogP contribution >= 0.6 is 0 Å². The summed E-state index contributed by atoms with van der Waals surface area (Å²) in [6.45, 7) is 5.88. The van der Waals surface area contributed by atoms with Crippen molar-refractivity contribution in [3.05, 3.63) is 59.9 Å². The molecule has 2 aromatic carbocycles. The van der Waals surface area contributed by atoms with Gasteiger partial charge < -0.3 is 15.0 Å². The van der Waals surface area contributed by atoms with Gasteiger partial charge in [0.25, 0.3) is 0 Å². The zero-order valence-electron chi connectivity index (χ0n) is 17.4. The third kappa shape index (κ3) is 4.25. The van der Waals surface area contributed by atoms with E-state index in [1.54, 1.807) is 0 Å². The summed E-state index contributed by atoms with van der Waals surface area (Å²) in [7, 11) is 0. The highest BCUT2D eigenvalue weighted by Gasteiger charge is 2.38. The van der Waals surface area contributed by atoms with Gasteiger partial charge in [-0.3, -0.25) is 0 Å². The number of piperidine rings is 1. The van der Waals surface area contributed by atoms with E-state index < -0.39 is 11.6 Å². The van der Waals surface area contributed by atoms with Gasteiger partial charge in [0.1, 0.15) is 18.0 Å². The molecule has 164 valence electrons. The van der Waals surface area contributed by atoms with Gasteiger partial charge in [-0.05, 0) is 67.5 Å². The van der Waals surface area contributed by atoms with Gasteiger partial charge in [0.2, 0.25) is 5.95 Å². The van der Waals surface area contributed by atoms with Crippen molar-refractivity contribution < 1.29 is 14.9 Å². The average molecular weight is 427 g/mol. The van der Waals surface area contributed by atoms with Crippen LogP contribution in [-0.4, -0.2) is 41.1 Å². The summed E-state index contributed by atoms with van der Waals surface area (Å²) in [5.74, 6) is -0.950. The molecule has 2 aliphatic heterocycles. The van der Waals surface area contributed by atoms with Crippen LogP contribution < -0.4 is 10.2 Å². The molecule has 0 atom stereocenters. The second-order valence-corrected chi connectivity index (χ2v) is 8.61. The van der Waals surface area contributed by atoms with Crippen molar-refractivity contribution in [3.63, 3.8) is 0 Å². The first-order valence-electron chi connectivity index (χ1n) is 10.6. The molecule has 2 fully saturated rings. The van der Waals surface area contributed by atoms with Crippen LogP contribution in [0.3, 0.4) is 0 Å². The van der Waals surface area contributed by atoms with Gasteiger partial charge in [-0.15, -0.1) is 5.10 Å². The third-order valence-electron chi connectivity index (χ3n) is 6.30. The number of aromatic nitrogens is 3. The van der Waals surface area contributed by atoms with Crippen molar-refractivity contribution in [2.45, 2.75) is 26.2 Å². The molecule has 0 amide bonds. The maximum absolute atomic E-state index is 13.5. The molecular weight excluding hydrogens is 400 g/mol. The molecule has 6 nitrogen and oxygen atoms in total. The number of nitrogens with zero attached hydrogens (tertiary/aromatic N) is 4. The number of ether oxygens (including phenoxy) is 1. The molecular formula is C23H27F2N5O. The van der Waals surface area contributed by atoms with Gasteiger partial charge in [-0.2, -0.15) is 4.98 Å². The number of rotatable bonds is 4. The van der Waals surface area contributed by atoms with Crippen molar-refractivity contribution in [1.82, 2.24) is 14.8 Å². The van der Waals surface area contributed by atoms with Crippen molar-refractivity contribution in [2.24, 2.45) is 5.41 Å². The minimum Gasteiger partial charge on any atom is -0.381 e. The van der Waals surface area contributed by atoms with E-state index >= 15 is 0 Å². The molecule has 0 saturated carbocycles. The van der Waals surface area contributed by atoms with Gasteiger partial charge in [0.05, 0.1) is 12.3 Å². The standard InChI is InChI=1S/C23H25F2N5O.H2/c1-16-8-19(13-20(9-16)29-5-2-23(3-6-29)4-7-31-14-23)27-22-26-15-30(28-22)21-11-17(24)10-18(25)12-21;/h8-13,15H,2-7,14H2,1H3,(H,27,28);1H. The average Bonchev–Trinajstić information content (AvgIpc) is 3.37. The Labute approximate surface area is 181 Å². The lowest BCUT2D eigenvalue weighted by atomic mass is 9.78. The molecule has 2 aliphatic rings. The molecule has 3 heterocycles. The molecule has 1 N–H and O–H groups in total. The first-order valence-corrected chi connectivity index (χ1v) is 10.6. The van der Waals surface area contributed by atoms with Crippen LogP contribution in [-0.2, 0) is 4.74 Å². The molecule has 5 rings (SSSR count). The zero-order chi connectivity index (χ0) is 21.4. The molecule has 2 saturated heterocycles. The van der Waals surface area contributed by atoms with Crippen LogP contribution in [0.5, 0.6) is 0 Å². The minimum absolute atomic E-state index is 0. The summed E-state index contributed by atoms with van der Waals surface area (Å²) < 4.78 is 34.0. The van der Waals surface area contributed by atoms with Crippen LogP contribution in [0.25, 0.3) is 5.69 Å². The number of anilines is 3. The normalized spacial score (nSPS) is 18.0. The molecule has 0 aliphatic carbocycles. The van der Waals surface area contributed by atoms with Gasteiger partial charge >= 0.3 is 0 Å². The highest BCUT2D eigenvalue weighted by Crippen LogP contribution is 2.40. The predicted molar refractivity (Wildman–Crippen MR) is 117 cm³/mol. The summed E-state index contributed by atoms with van der Waals surface area (Å²) in [5, 5.41) is 7.53. The molecule has 0 bridgehead atoms. The molecule has 0 unspecified atom stereocenters. The molecule has 0 radical (unpaired) electrons. The van der Waals surface area contributed by atoms with Gasteiger partial charge in [0, 0.05) is 38.6 Å². The van der Waals surface area contributed by atoms with Crippen molar-refractivity contribution >= 4 is 17.3 Å². The Balaban J connectivity index is 0.00000245. The number of aryl methyl sites for hydroxylation is 1. The second kappa shape index (κ2) is 7.92. The van der Waals surface area contributed by atoms with Crippen LogP contribution in [0.15, 0.2) is 42.7 Å². The van der Waals surface area contributed by atoms with E-state index in [1.807, 2.05) is 6.07 Å². The van der Waals surface area contributed by atoms with E-state index in [2.05, 4.69) is 39.4 Å². The summed E-state index contributed by atoms with van der Waals surface area (Å²) in [4.78, 5) is 6.66. The van der Waals surface area contributed by atoms with Crippen LogP contribution in [0.2, 0.25) is 0 Å².